The van der Waals surface area contributed by atoms with Gasteiger partial charge >= 0.3 is 5.97 Å². The van der Waals surface area contributed by atoms with E-state index in [1.54, 1.807) is 0 Å². The maximum Gasteiger partial charge on any atom is 0.313 e. The van der Waals surface area contributed by atoms with Gasteiger partial charge in [-0.05, 0) is 18.6 Å². The summed E-state index contributed by atoms with van der Waals surface area (Å²) in [5.74, 6) is -0.627. The van der Waals surface area contributed by atoms with Crippen molar-refractivity contribution in [2.75, 3.05) is 5.75 Å². The highest BCUT2D eigenvalue weighted by atomic mass is 32.2. The fourth-order valence-corrected chi connectivity index (χ4v) is 2.48. The summed E-state index contributed by atoms with van der Waals surface area (Å²) in [6, 6.07) is 8.05. The summed E-state index contributed by atoms with van der Waals surface area (Å²) in [6.07, 6.45) is 1.96. The predicted octanol–water partition coefficient (Wildman–Crippen LogP) is 3.05. The van der Waals surface area contributed by atoms with Gasteiger partial charge in [-0.2, -0.15) is 0 Å². The number of H-pyrrole nitrogens is 1. The molecule has 0 spiro atoms. The Morgan fingerprint density at radius 2 is 2.25 bits per heavy atom. The second-order valence-electron chi connectivity index (χ2n) is 3.64. The third-order valence-corrected chi connectivity index (χ3v) is 3.68. The minimum Gasteiger partial charge on any atom is -0.481 e. The van der Waals surface area contributed by atoms with Crippen LogP contribution in [0.4, 0.5) is 0 Å². The quantitative estimate of drug-likeness (QED) is 0.856. The second-order valence-corrected chi connectivity index (χ2v) is 4.97. The van der Waals surface area contributed by atoms with Crippen LogP contribution in [0.5, 0.6) is 0 Å². The average Bonchev–Trinajstić information content (AvgIpc) is 2.69. The molecule has 1 unspecified atom stereocenters. The third-order valence-electron chi connectivity index (χ3n) is 2.52. The Bertz CT molecular complexity index is 506. The van der Waals surface area contributed by atoms with E-state index in [0.29, 0.717) is 0 Å². The summed E-state index contributed by atoms with van der Waals surface area (Å²) in [6.45, 7) is 2.03. The molecule has 2 N–H and O–H groups in total. The number of nitrogens with one attached hydrogen (secondary N) is 1. The molecule has 0 saturated heterocycles. The Labute approximate surface area is 97.9 Å². The highest BCUT2D eigenvalue weighted by Crippen LogP contribution is 2.32. The van der Waals surface area contributed by atoms with E-state index in [-0.39, 0.29) is 11.0 Å². The van der Waals surface area contributed by atoms with Crippen LogP contribution in [0.3, 0.4) is 0 Å². The van der Waals surface area contributed by atoms with Crippen LogP contribution in [0.1, 0.15) is 17.7 Å². The molecule has 0 radical (unpaired) electrons. The van der Waals surface area contributed by atoms with E-state index in [1.165, 1.54) is 22.7 Å². The first-order chi connectivity index (χ1) is 7.68. The smallest absolute Gasteiger partial charge is 0.313 e. The fraction of sp³-hybridized carbons (Fsp3) is 0.250. The molecule has 0 fully saturated rings. The SMILES string of the molecule is CC(SCC(=O)O)c1c[nH]c2ccccc12. The van der Waals surface area contributed by atoms with Gasteiger partial charge in [0.15, 0.2) is 0 Å². The minimum atomic E-state index is -0.767. The molecular formula is C12H13NO2S. The molecule has 84 valence electrons. The number of aromatic amines is 1. The van der Waals surface area contributed by atoms with Crippen LogP contribution < -0.4 is 0 Å². The van der Waals surface area contributed by atoms with Crippen molar-refractivity contribution in [2.45, 2.75) is 12.2 Å². The van der Waals surface area contributed by atoms with Crippen molar-refractivity contribution in [3.05, 3.63) is 36.0 Å². The van der Waals surface area contributed by atoms with Gasteiger partial charge in [0.25, 0.3) is 0 Å². The first kappa shape index (κ1) is 11.1. The molecule has 4 heteroatoms. The van der Waals surface area contributed by atoms with Crippen LogP contribution in [-0.4, -0.2) is 21.8 Å². The highest BCUT2D eigenvalue weighted by molar-refractivity contribution is 8.00. The van der Waals surface area contributed by atoms with Gasteiger partial charge < -0.3 is 10.1 Å². The zero-order valence-corrected chi connectivity index (χ0v) is 9.75. The molecule has 3 nitrogen and oxygen atoms in total. The lowest BCUT2D eigenvalue weighted by atomic mass is 10.1. The number of aliphatic carboxylic acids is 1. The fourth-order valence-electron chi connectivity index (χ4n) is 1.72. The molecule has 0 aliphatic carbocycles. The summed E-state index contributed by atoms with van der Waals surface area (Å²) >= 11 is 1.44. The molecule has 16 heavy (non-hydrogen) atoms. The Morgan fingerprint density at radius 1 is 1.50 bits per heavy atom. The van der Waals surface area contributed by atoms with E-state index in [1.807, 2.05) is 31.3 Å². The van der Waals surface area contributed by atoms with E-state index in [2.05, 4.69) is 11.1 Å². The zero-order chi connectivity index (χ0) is 11.5. The van der Waals surface area contributed by atoms with Gasteiger partial charge in [-0.3, -0.25) is 4.79 Å². The number of para-hydroxylation sites is 1. The third kappa shape index (κ3) is 2.22. The number of carboxylic acids is 1. The molecule has 0 aliphatic heterocycles. The molecule has 2 aromatic rings. The van der Waals surface area contributed by atoms with Crippen LogP contribution in [-0.2, 0) is 4.79 Å². The van der Waals surface area contributed by atoms with Crippen molar-refractivity contribution in [1.29, 1.82) is 0 Å². The van der Waals surface area contributed by atoms with Crippen LogP contribution in [0.2, 0.25) is 0 Å². The van der Waals surface area contributed by atoms with Crippen molar-refractivity contribution < 1.29 is 9.90 Å². The Balaban J connectivity index is 2.22. The molecule has 1 aromatic heterocycles. The average molecular weight is 235 g/mol. The zero-order valence-electron chi connectivity index (χ0n) is 8.93. The van der Waals surface area contributed by atoms with Crippen molar-refractivity contribution >= 4 is 28.6 Å². The van der Waals surface area contributed by atoms with Crippen molar-refractivity contribution in [3.63, 3.8) is 0 Å². The van der Waals surface area contributed by atoms with Gasteiger partial charge in [0, 0.05) is 22.3 Å². The first-order valence-corrected chi connectivity index (χ1v) is 6.13. The highest BCUT2D eigenvalue weighted by Gasteiger charge is 2.12. The van der Waals surface area contributed by atoms with Gasteiger partial charge in [0.2, 0.25) is 0 Å². The summed E-state index contributed by atoms with van der Waals surface area (Å²) in [7, 11) is 0. The molecule has 1 heterocycles. The molecule has 0 aliphatic rings. The van der Waals surface area contributed by atoms with Crippen molar-refractivity contribution in [2.24, 2.45) is 0 Å². The van der Waals surface area contributed by atoms with E-state index >= 15 is 0 Å². The van der Waals surface area contributed by atoms with Gasteiger partial charge in [0.1, 0.15) is 0 Å². The van der Waals surface area contributed by atoms with E-state index in [0.717, 1.165) is 5.52 Å². The van der Waals surface area contributed by atoms with E-state index < -0.39 is 5.97 Å². The monoisotopic (exact) mass is 235 g/mol. The number of carbonyl (C=O) groups is 1. The lowest BCUT2D eigenvalue weighted by molar-refractivity contribution is -0.133. The number of benzene rings is 1. The lowest BCUT2D eigenvalue weighted by Crippen LogP contribution is -2.00. The van der Waals surface area contributed by atoms with Gasteiger partial charge in [0.05, 0.1) is 5.75 Å². The predicted molar refractivity (Wildman–Crippen MR) is 66.8 cm³/mol. The molecule has 0 saturated carbocycles. The molecule has 0 bridgehead atoms. The standard InChI is InChI=1S/C12H13NO2S/c1-8(16-7-12(14)15)10-6-13-11-5-3-2-4-9(10)11/h2-6,8,13H,7H2,1H3,(H,14,15). The largest absolute Gasteiger partial charge is 0.481 e. The van der Waals surface area contributed by atoms with E-state index in [4.69, 9.17) is 5.11 Å². The normalized spacial score (nSPS) is 12.8. The number of aromatic nitrogens is 1. The van der Waals surface area contributed by atoms with Crippen LogP contribution in [0.15, 0.2) is 30.5 Å². The summed E-state index contributed by atoms with van der Waals surface area (Å²) in [5, 5.41) is 10.0. The second kappa shape index (κ2) is 4.61. The maximum absolute atomic E-state index is 10.5. The number of hydrogen-bond acceptors (Lipinski definition) is 2. The number of hydrogen-bond donors (Lipinski definition) is 2. The summed E-state index contributed by atoms with van der Waals surface area (Å²) in [5.41, 5.74) is 2.27. The Hall–Kier alpha value is -1.42. The maximum atomic E-state index is 10.5. The molecule has 2 rings (SSSR count). The number of carboxylic acid groups (broad SMARTS) is 1. The summed E-state index contributed by atoms with van der Waals surface area (Å²) < 4.78 is 0. The number of fused-ring (bicyclic) bond motifs is 1. The Morgan fingerprint density at radius 3 is 3.00 bits per heavy atom. The molecular weight excluding hydrogens is 222 g/mol. The van der Waals surface area contributed by atoms with Gasteiger partial charge in [-0.25, -0.2) is 0 Å². The van der Waals surface area contributed by atoms with Crippen LogP contribution in [0.25, 0.3) is 10.9 Å². The van der Waals surface area contributed by atoms with Crippen LogP contribution in [0, 0.1) is 0 Å². The van der Waals surface area contributed by atoms with Crippen LogP contribution >= 0.6 is 11.8 Å². The number of thioether (sulfide) groups is 1. The van der Waals surface area contributed by atoms with Crippen molar-refractivity contribution in [3.8, 4) is 0 Å². The molecule has 1 aromatic carbocycles. The van der Waals surface area contributed by atoms with E-state index in [9.17, 15) is 4.79 Å². The van der Waals surface area contributed by atoms with Gasteiger partial charge in [-0.15, -0.1) is 11.8 Å². The molecule has 0 amide bonds. The first-order valence-electron chi connectivity index (χ1n) is 5.08. The topological polar surface area (TPSA) is 53.1 Å². The lowest BCUT2D eigenvalue weighted by Gasteiger charge is -2.08. The van der Waals surface area contributed by atoms with Crippen molar-refractivity contribution in [1.82, 2.24) is 4.98 Å². The summed E-state index contributed by atoms with van der Waals surface area (Å²) in [4.78, 5) is 13.7. The van der Waals surface area contributed by atoms with Gasteiger partial charge in [-0.1, -0.05) is 18.2 Å². The molecule has 1 atom stereocenters. The minimum absolute atomic E-state index is 0.140. The number of rotatable bonds is 4. The Kier molecular flexibility index (Phi) is 3.19.